The lowest BCUT2D eigenvalue weighted by molar-refractivity contribution is -0.115. The summed E-state index contributed by atoms with van der Waals surface area (Å²) in [6.07, 6.45) is 9.63. The predicted molar refractivity (Wildman–Crippen MR) is 138 cm³/mol. The molecule has 7 heteroatoms. The van der Waals surface area contributed by atoms with Crippen molar-refractivity contribution >= 4 is 25.0 Å². The number of hydrogen-bond acceptors (Lipinski definition) is 4. The highest BCUT2D eigenvalue weighted by Crippen LogP contribution is 2.44. The lowest BCUT2D eigenvalue weighted by Gasteiger charge is -2.27. The zero-order chi connectivity index (χ0) is 23.5. The van der Waals surface area contributed by atoms with Crippen LogP contribution in [0.1, 0.15) is 24.8 Å². The molecule has 1 fully saturated rings. The van der Waals surface area contributed by atoms with Gasteiger partial charge in [-0.15, -0.1) is 0 Å². The van der Waals surface area contributed by atoms with Crippen molar-refractivity contribution in [2.45, 2.75) is 25.0 Å². The minimum Gasteiger partial charge on any atom is -0.324 e. The van der Waals surface area contributed by atoms with Gasteiger partial charge >= 0.3 is 0 Å². The van der Waals surface area contributed by atoms with Crippen LogP contribution in [0.2, 0.25) is 0 Å². The van der Waals surface area contributed by atoms with Crippen LogP contribution in [-0.2, 0) is 4.79 Å². The summed E-state index contributed by atoms with van der Waals surface area (Å²) in [6, 6.07) is 21.7. The van der Waals surface area contributed by atoms with E-state index in [1.807, 2.05) is 71.5 Å². The molecule has 3 N–H and O–H groups in total. The first-order valence-electron chi connectivity index (χ1n) is 11.5. The maximum absolute atomic E-state index is 12.7. The van der Waals surface area contributed by atoms with Gasteiger partial charge in [0, 0.05) is 17.4 Å². The van der Waals surface area contributed by atoms with E-state index in [1.54, 1.807) is 0 Å². The molecule has 1 aliphatic rings. The van der Waals surface area contributed by atoms with Crippen LogP contribution >= 0.6 is 7.92 Å². The normalized spacial score (nSPS) is 15.1. The van der Waals surface area contributed by atoms with Gasteiger partial charge in [0.15, 0.2) is 0 Å². The van der Waals surface area contributed by atoms with Gasteiger partial charge in [-0.3, -0.25) is 4.79 Å². The number of nitrogens with zero attached hydrogens (tertiary/aromatic N) is 3. The minimum absolute atomic E-state index is 0.0798. The maximum atomic E-state index is 12.7. The van der Waals surface area contributed by atoms with Gasteiger partial charge in [-0.1, -0.05) is 38.6 Å². The molecule has 3 heterocycles. The number of fused-ring (bicyclic) bond motifs is 1. The molecule has 34 heavy (non-hydrogen) atoms. The van der Waals surface area contributed by atoms with Crippen molar-refractivity contribution in [3.05, 3.63) is 78.6 Å². The van der Waals surface area contributed by atoms with E-state index in [1.165, 1.54) is 19.3 Å². The third-order valence-corrected chi connectivity index (χ3v) is 9.19. The highest BCUT2D eigenvalue weighted by molar-refractivity contribution is 7.59. The van der Waals surface area contributed by atoms with Crippen LogP contribution in [-0.4, -0.2) is 33.6 Å². The van der Waals surface area contributed by atoms with Crippen molar-refractivity contribution < 1.29 is 4.79 Å². The largest absolute Gasteiger partial charge is 0.324 e. The molecule has 1 atom stereocenters. The first kappa shape index (κ1) is 22.3. The van der Waals surface area contributed by atoms with Gasteiger partial charge in [0.1, 0.15) is 5.78 Å². The highest BCUT2D eigenvalue weighted by atomic mass is 31.1. The molecule has 0 bridgehead atoms. The average Bonchev–Trinajstić information content (AvgIpc) is 3.32. The molecule has 1 aliphatic heterocycles. The maximum Gasteiger partial charge on any atom is 0.245 e. The van der Waals surface area contributed by atoms with E-state index < -0.39 is 13.7 Å². The molecule has 0 spiro atoms. The summed E-state index contributed by atoms with van der Waals surface area (Å²) >= 11 is 0. The number of nitriles is 1. The third kappa shape index (κ3) is 4.59. The Balaban J connectivity index is 1.35. The van der Waals surface area contributed by atoms with Gasteiger partial charge < -0.3 is 11.1 Å². The van der Waals surface area contributed by atoms with E-state index in [0.29, 0.717) is 5.56 Å². The molecule has 0 radical (unpaired) electrons. The lowest BCUT2D eigenvalue weighted by atomic mass is 10.0. The molecule has 0 aliphatic carbocycles. The van der Waals surface area contributed by atoms with Crippen molar-refractivity contribution in [2.24, 2.45) is 5.73 Å². The predicted octanol–water partition coefficient (Wildman–Crippen LogP) is 5.43. The Morgan fingerprint density at radius 2 is 1.71 bits per heavy atom. The average molecular weight is 468 g/mol. The van der Waals surface area contributed by atoms with Crippen LogP contribution in [0.5, 0.6) is 0 Å². The van der Waals surface area contributed by atoms with Crippen LogP contribution in [0.4, 0.5) is 5.69 Å². The van der Waals surface area contributed by atoms with Crippen LogP contribution in [0.3, 0.4) is 0 Å². The first-order chi connectivity index (χ1) is 16.6. The SMILES string of the molecule is N#Cc1ccc(-c2ccn3ncc(-c4ccc(NC(=O)C(N)P5CCCCC5)cc4)c3c2)cc1. The second kappa shape index (κ2) is 9.77. The fraction of sp³-hybridized carbons (Fsp3) is 0.222. The van der Waals surface area contributed by atoms with Crippen molar-refractivity contribution in [1.29, 1.82) is 5.26 Å². The number of anilines is 1. The van der Waals surface area contributed by atoms with Crippen molar-refractivity contribution in [1.82, 2.24) is 9.61 Å². The Morgan fingerprint density at radius 3 is 2.41 bits per heavy atom. The number of hydrogen-bond donors (Lipinski definition) is 2. The molecular weight excluding hydrogens is 441 g/mol. The Bertz CT molecular complexity index is 1350. The summed E-state index contributed by atoms with van der Waals surface area (Å²) in [5.74, 6) is -0.473. The van der Waals surface area contributed by atoms with Crippen LogP contribution < -0.4 is 11.1 Å². The van der Waals surface area contributed by atoms with Crippen LogP contribution in [0, 0.1) is 11.3 Å². The Labute approximate surface area is 200 Å². The van der Waals surface area contributed by atoms with E-state index in [2.05, 4.69) is 22.6 Å². The Kier molecular flexibility index (Phi) is 6.40. The zero-order valence-corrected chi connectivity index (χ0v) is 19.7. The van der Waals surface area contributed by atoms with Gasteiger partial charge in [-0.25, -0.2) is 4.52 Å². The van der Waals surface area contributed by atoms with Crippen molar-refractivity contribution in [3.63, 3.8) is 0 Å². The molecule has 5 rings (SSSR count). The third-order valence-electron chi connectivity index (χ3n) is 6.38. The Hall–Kier alpha value is -3.52. The summed E-state index contributed by atoms with van der Waals surface area (Å²) in [5, 5.41) is 16.5. The minimum atomic E-state index is -0.411. The quantitative estimate of drug-likeness (QED) is 0.383. The molecule has 1 unspecified atom stereocenters. The van der Waals surface area contributed by atoms with Crippen LogP contribution in [0.25, 0.3) is 27.8 Å². The summed E-state index contributed by atoms with van der Waals surface area (Å²) < 4.78 is 1.85. The molecule has 1 amide bonds. The number of amides is 1. The van der Waals surface area contributed by atoms with Gasteiger partial charge in [0.05, 0.1) is 23.3 Å². The number of nitrogens with one attached hydrogen (secondary N) is 1. The van der Waals surface area contributed by atoms with Crippen molar-refractivity contribution in [3.8, 4) is 28.3 Å². The van der Waals surface area contributed by atoms with Gasteiger partial charge in [0.25, 0.3) is 0 Å². The number of rotatable bonds is 5. The fourth-order valence-electron chi connectivity index (χ4n) is 4.43. The monoisotopic (exact) mass is 467 g/mol. The molecule has 170 valence electrons. The van der Waals surface area contributed by atoms with E-state index in [4.69, 9.17) is 11.0 Å². The molecule has 6 nitrogen and oxygen atoms in total. The lowest BCUT2D eigenvalue weighted by Crippen LogP contribution is -2.35. The summed E-state index contributed by atoms with van der Waals surface area (Å²) in [4.78, 5) is 12.7. The summed E-state index contributed by atoms with van der Waals surface area (Å²) in [5.41, 5.74) is 12.8. The van der Waals surface area contributed by atoms with Gasteiger partial charge in [-0.05, 0) is 78.3 Å². The zero-order valence-electron chi connectivity index (χ0n) is 18.8. The smallest absolute Gasteiger partial charge is 0.245 e. The van der Waals surface area contributed by atoms with E-state index in [0.717, 1.165) is 45.8 Å². The fourth-order valence-corrected chi connectivity index (χ4v) is 6.87. The van der Waals surface area contributed by atoms with E-state index in [-0.39, 0.29) is 5.91 Å². The highest BCUT2D eigenvalue weighted by Gasteiger charge is 2.25. The van der Waals surface area contributed by atoms with E-state index >= 15 is 0 Å². The molecule has 2 aromatic carbocycles. The number of carbonyl (C=O) groups excluding carboxylic acids is 1. The topological polar surface area (TPSA) is 96.2 Å². The number of carbonyl (C=O) groups is 1. The van der Waals surface area contributed by atoms with Crippen LogP contribution in [0.15, 0.2) is 73.1 Å². The second-order valence-electron chi connectivity index (χ2n) is 8.60. The molecule has 4 aromatic rings. The van der Waals surface area contributed by atoms with Gasteiger partial charge in [0.2, 0.25) is 5.91 Å². The summed E-state index contributed by atoms with van der Waals surface area (Å²) in [6.45, 7) is 0. The molecule has 0 saturated carbocycles. The molecule has 2 aromatic heterocycles. The van der Waals surface area contributed by atoms with Gasteiger partial charge in [-0.2, -0.15) is 10.4 Å². The molecular formula is C27H26N5OP. The first-order valence-corrected chi connectivity index (χ1v) is 13.3. The van der Waals surface area contributed by atoms with E-state index in [9.17, 15) is 4.79 Å². The second-order valence-corrected chi connectivity index (χ2v) is 11.2. The summed E-state index contributed by atoms with van der Waals surface area (Å²) in [7, 11) is -0.411. The standard InChI is InChI=1S/C27H26N5OP/c28-17-19-4-6-20(7-5-19)22-12-13-32-25(16-22)24(18-30-32)21-8-10-23(11-9-21)31-27(33)26(29)34-14-2-1-3-15-34/h4-13,16,18,26H,1-3,14-15,29H2,(H,31,33). The number of pyridine rings is 1. The number of benzene rings is 2. The van der Waals surface area contributed by atoms with Crippen molar-refractivity contribution in [2.75, 3.05) is 17.6 Å². The molecule has 1 saturated heterocycles. The number of aromatic nitrogens is 2. The number of nitrogens with two attached hydrogens (primary N) is 1. The Morgan fingerprint density at radius 1 is 1.00 bits per heavy atom.